The Balaban J connectivity index is 2.45. The molecule has 0 spiro atoms. The fourth-order valence-electron chi connectivity index (χ4n) is 1.87. The molecule has 0 aliphatic carbocycles. The molecule has 0 fully saturated rings. The van der Waals surface area contributed by atoms with E-state index in [0.717, 1.165) is 10.7 Å². The summed E-state index contributed by atoms with van der Waals surface area (Å²) in [5, 5.41) is 8.60. The van der Waals surface area contributed by atoms with Crippen LogP contribution in [-0.2, 0) is 21.4 Å². The van der Waals surface area contributed by atoms with Crippen LogP contribution in [0.1, 0.15) is 18.4 Å². The zero-order valence-electron chi connectivity index (χ0n) is 12.4. The van der Waals surface area contributed by atoms with E-state index in [1.165, 1.54) is 24.0 Å². The van der Waals surface area contributed by atoms with E-state index in [1.807, 2.05) is 30.3 Å². The number of hydrogen-bond donors (Lipinski definition) is 1. The monoisotopic (exact) mass is 314 g/mol. The Kier molecular flexibility index (Phi) is 6.80. The fourth-order valence-corrected chi connectivity index (χ4v) is 3.03. The standard InChI is InChI=1S/C14H22N2O4S/c1-15(11-6-9-13-7-4-3-5-8-13)21(19,20)16(2)12-10-14(17)18/h3-5,7-8H,6,9-12H2,1-2H3,(H,17,18). The summed E-state index contributed by atoms with van der Waals surface area (Å²) < 4.78 is 26.6. The average Bonchev–Trinajstić information content (AvgIpc) is 2.45. The molecule has 7 heteroatoms. The van der Waals surface area contributed by atoms with Gasteiger partial charge in [0.15, 0.2) is 0 Å². The molecular weight excluding hydrogens is 292 g/mol. The summed E-state index contributed by atoms with van der Waals surface area (Å²) in [5.74, 6) is -1.01. The minimum absolute atomic E-state index is 0.0271. The van der Waals surface area contributed by atoms with Gasteiger partial charge < -0.3 is 5.11 Å². The van der Waals surface area contributed by atoms with Gasteiger partial charge in [-0.2, -0.15) is 17.0 Å². The van der Waals surface area contributed by atoms with Gasteiger partial charge in [-0.05, 0) is 18.4 Å². The van der Waals surface area contributed by atoms with Crippen molar-refractivity contribution in [3.05, 3.63) is 35.9 Å². The molecule has 1 rings (SSSR count). The highest BCUT2D eigenvalue weighted by molar-refractivity contribution is 7.86. The van der Waals surface area contributed by atoms with Crippen molar-refractivity contribution in [3.63, 3.8) is 0 Å². The maximum Gasteiger partial charge on any atom is 0.304 e. The van der Waals surface area contributed by atoms with Crippen LogP contribution in [0.3, 0.4) is 0 Å². The van der Waals surface area contributed by atoms with E-state index < -0.39 is 16.2 Å². The zero-order chi connectivity index (χ0) is 15.9. The highest BCUT2D eigenvalue weighted by atomic mass is 32.2. The van der Waals surface area contributed by atoms with Crippen LogP contribution in [0.2, 0.25) is 0 Å². The van der Waals surface area contributed by atoms with Crippen LogP contribution in [0, 0.1) is 0 Å². The smallest absolute Gasteiger partial charge is 0.304 e. The van der Waals surface area contributed by atoms with E-state index in [4.69, 9.17) is 5.11 Å². The Labute approximate surface area is 126 Å². The number of nitrogens with zero attached hydrogens (tertiary/aromatic N) is 2. The van der Waals surface area contributed by atoms with Crippen molar-refractivity contribution in [2.75, 3.05) is 27.2 Å². The second-order valence-electron chi connectivity index (χ2n) is 4.88. The summed E-state index contributed by atoms with van der Waals surface area (Å²) in [5.41, 5.74) is 1.17. The third-order valence-electron chi connectivity index (χ3n) is 3.21. The molecule has 0 heterocycles. The van der Waals surface area contributed by atoms with Crippen LogP contribution in [-0.4, -0.2) is 55.3 Å². The third-order valence-corrected chi connectivity index (χ3v) is 5.15. The first kappa shape index (κ1) is 17.6. The van der Waals surface area contributed by atoms with Crippen molar-refractivity contribution < 1.29 is 18.3 Å². The van der Waals surface area contributed by atoms with Gasteiger partial charge in [0.05, 0.1) is 6.42 Å². The maximum absolute atomic E-state index is 12.1. The summed E-state index contributed by atoms with van der Waals surface area (Å²) in [6, 6.07) is 9.86. The Morgan fingerprint density at radius 1 is 1.10 bits per heavy atom. The third kappa shape index (κ3) is 5.82. The number of rotatable bonds is 9. The molecule has 0 unspecified atom stereocenters. The normalized spacial score (nSPS) is 12.0. The molecule has 0 saturated heterocycles. The second-order valence-corrected chi connectivity index (χ2v) is 7.03. The van der Waals surface area contributed by atoms with Crippen LogP contribution < -0.4 is 0 Å². The molecule has 0 bridgehead atoms. The number of carboxylic acid groups (broad SMARTS) is 1. The molecule has 0 saturated carbocycles. The van der Waals surface area contributed by atoms with E-state index in [1.54, 1.807) is 0 Å². The second kappa shape index (κ2) is 8.11. The quantitative estimate of drug-likeness (QED) is 0.743. The molecule has 1 aromatic rings. The first-order valence-electron chi connectivity index (χ1n) is 6.77. The van der Waals surface area contributed by atoms with Gasteiger partial charge in [0, 0.05) is 27.2 Å². The van der Waals surface area contributed by atoms with Gasteiger partial charge in [0.25, 0.3) is 10.2 Å². The lowest BCUT2D eigenvalue weighted by atomic mass is 10.1. The molecule has 1 aromatic carbocycles. The van der Waals surface area contributed by atoms with E-state index in [0.29, 0.717) is 13.0 Å². The largest absolute Gasteiger partial charge is 0.481 e. The van der Waals surface area contributed by atoms with Gasteiger partial charge in [-0.3, -0.25) is 4.79 Å². The van der Waals surface area contributed by atoms with Crippen LogP contribution >= 0.6 is 0 Å². The number of hydrogen-bond acceptors (Lipinski definition) is 3. The van der Waals surface area contributed by atoms with Gasteiger partial charge >= 0.3 is 5.97 Å². The molecule has 1 N–H and O–H groups in total. The lowest BCUT2D eigenvalue weighted by molar-refractivity contribution is -0.137. The number of aliphatic carboxylic acids is 1. The van der Waals surface area contributed by atoms with Crippen molar-refractivity contribution in [2.45, 2.75) is 19.3 Å². The van der Waals surface area contributed by atoms with Crippen molar-refractivity contribution >= 4 is 16.2 Å². The molecule has 0 aromatic heterocycles. The minimum atomic E-state index is -3.59. The average molecular weight is 314 g/mol. The topological polar surface area (TPSA) is 77.9 Å². The Morgan fingerprint density at radius 2 is 1.67 bits per heavy atom. The van der Waals surface area contributed by atoms with Crippen molar-refractivity contribution in [1.29, 1.82) is 0 Å². The van der Waals surface area contributed by atoms with E-state index in [9.17, 15) is 13.2 Å². The van der Waals surface area contributed by atoms with Crippen LogP contribution in [0.25, 0.3) is 0 Å². The summed E-state index contributed by atoms with van der Waals surface area (Å²) in [7, 11) is -0.679. The number of benzene rings is 1. The molecule has 0 aliphatic heterocycles. The summed E-state index contributed by atoms with van der Waals surface area (Å²) in [4.78, 5) is 10.5. The SMILES string of the molecule is CN(CCCc1ccccc1)S(=O)(=O)N(C)CCC(=O)O. The zero-order valence-corrected chi connectivity index (χ0v) is 13.2. The predicted molar refractivity (Wildman–Crippen MR) is 81.2 cm³/mol. The Hall–Kier alpha value is -1.44. The summed E-state index contributed by atoms with van der Waals surface area (Å²) in [6.45, 7) is 0.370. The fraction of sp³-hybridized carbons (Fsp3) is 0.500. The van der Waals surface area contributed by atoms with Crippen LogP contribution in [0.4, 0.5) is 0 Å². The highest BCUT2D eigenvalue weighted by Gasteiger charge is 2.23. The Morgan fingerprint density at radius 3 is 2.24 bits per heavy atom. The summed E-state index contributed by atoms with van der Waals surface area (Å²) in [6.07, 6.45) is 1.32. The lowest BCUT2D eigenvalue weighted by Gasteiger charge is -2.23. The molecular formula is C14H22N2O4S. The van der Waals surface area contributed by atoms with E-state index in [2.05, 4.69) is 0 Å². The first-order chi connectivity index (χ1) is 9.84. The van der Waals surface area contributed by atoms with Crippen LogP contribution in [0.5, 0.6) is 0 Å². The molecule has 118 valence electrons. The maximum atomic E-state index is 12.1. The van der Waals surface area contributed by atoms with Crippen molar-refractivity contribution in [2.24, 2.45) is 0 Å². The van der Waals surface area contributed by atoms with Gasteiger partial charge in [-0.1, -0.05) is 30.3 Å². The molecule has 6 nitrogen and oxygen atoms in total. The lowest BCUT2D eigenvalue weighted by Crippen LogP contribution is -2.41. The number of carbonyl (C=O) groups is 1. The van der Waals surface area contributed by atoms with E-state index >= 15 is 0 Å². The predicted octanol–water partition coefficient (Wildman–Crippen LogP) is 1.20. The molecule has 0 radical (unpaired) electrons. The number of carboxylic acids is 1. The molecule has 21 heavy (non-hydrogen) atoms. The molecule has 0 aliphatic rings. The van der Waals surface area contributed by atoms with Crippen LogP contribution in [0.15, 0.2) is 30.3 Å². The number of aryl methyl sites for hydroxylation is 1. The minimum Gasteiger partial charge on any atom is -0.481 e. The highest BCUT2D eigenvalue weighted by Crippen LogP contribution is 2.08. The van der Waals surface area contributed by atoms with E-state index in [-0.39, 0.29) is 13.0 Å². The first-order valence-corrected chi connectivity index (χ1v) is 8.17. The van der Waals surface area contributed by atoms with Crippen molar-refractivity contribution in [1.82, 2.24) is 8.61 Å². The Bertz CT molecular complexity index is 545. The molecule has 0 amide bonds. The van der Waals surface area contributed by atoms with Gasteiger partial charge in [0.1, 0.15) is 0 Å². The van der Waals surface area contributed by atoms with Gasteiger partial charge in [0.2, 0.25) is 0 Å². The van der Waals surface area contributed by atoms with Gasteiger partial charge in [-0.15, -0.1) is 0 Å². The molecule has 0 atom stereocenters. The summed E-state index contributed by atoms with van der Waals surface area (Å²) >= 11 is 0. The van der Waals surface area contributed by atoms with Gasteiger partial charge in [-0.25, -0.2) is 0 Å². The van der Waals surface area contributed by atoms with Crippen molar-refractivity contribution in [3.8, 4) is 0 Å².